The second-order valence-electron chi connectivity index (χ2n) is 8.62. The third kappa shape index (κ3) is 4.60. The number of carbonyl (C=O) groups excluding carboxylic acids is 1. The van der Waals surface area contributed by atoms with Gasteiger partial charge in [0.1, 0.15) is 22.7 Å². The number of rotatable bonds is 4. The van der Waals surface area contributed by atoms with Crippen molar-refractivity contribution < 1.29 is 4.79 Å². The fraction of sp³-hybridized carbons (Fsp3) is 0.160. The zero-order chi connectivity index (χ0) is 24.5. The molecular weight excluding hydrogens is 452 g/mol. The third-order valence-electron chi connectivity index (χ3n) is 5.02. The molecule has 1 amide bonds. The van der Waals surface area contributed by atoms with Crippen molar-refractivity contribution in [2.24, 2.45) is 0 Å². The number of H-pyrrole nitrogens is 1. The van der Waals surface area contributed by atoms with Crippen LogP contribution in [0.2, 0.25) is 5.02 Å². The highest BCUT2D eigenvalue weighted by molar-refractivity contribution is 6.30. The van der Waals surface area contributed by atoms with Crippen molar-refractivity contribution in [3.05, 3.63) is 81.4 Å². The van der Waals surface area contributed by atoms with Crippen molar-refractivity contribution in [1.82, 2.24) is 19.7 Å². The van der Waals surface area contributed by atoms with E-state index in [1.165, 1.54) is 12.4 Å². The molecule has 2 heterocycles. The number of nitrogens with one attached hydrogen (secondary N) is 2. The van der Waals surface area contributed by atoms with Crippen LogP contribution in [0.15, 0.2) is 65.2 Å². The van der Waals surface area contributed by atoms with Crippen LogP contribution in [-0.2, 0) is 10.3 Å². The molecule has 0 spiro atoms. The summed E-state index contributed by atoms with van der Waals surface area (Å²) in [4.78, 5) is 32.3. The van der Waals surface area contributed by atoms with Gasteiger partial charge in [0.2, 0.25) is 0 Å². The first kappa shape index (κ1) is 23.0. The Bertz CT molecular complexity index is 1540. The Hall–Kier alpha value is -4.22. The molecule has 0 unspecified atom stereocenters. The van der Waals surface area contributed by atoms with Gasteiger partial charge in [0.15, 0.2) is 5.65 Å². The second-order valence-corrected chi connectivity index (χ2v) is 9.06. The normalized spacial score (nSPS) is 11.9. The lowest BCUT2D eigenvalue weighted by atomic mass is 10.1. The number of anilines is 1. The molecular formula is C25H21ClN6O2. The van der Waals surface area contributed by atoms with Gasteiger partial charge < -0.3 is 10.3 Å². The molecule has 8 nitrogen and oxygen atoms in total. The summed E-state index contributed by atoms with van der Waals surface area (Å²) < 4.78 is 1.71. The van der Waals surface area contributed by atoms with Crippen LogP contribution in [-0.4, -0.2) is 25.7 Å². The lowest BCUT2D eigenvalue weighted by Gasteiger charge is -2.19. The predicted octanol–water partition coefficient (Wildman–Crippen LogP) is 4.74. The zero-order valence-electron chi connectivity index (χ0n) is 18.8. The molecule has 0 bridgehead atoms. The Labute approximate surface area is 200 Å². The van der Waals surface area contributed by atoms with E-state index < -0.39 is 11.4 Å². The molecule has 34 heavy (non-hydrogen) atoms. The molecule has 0 aliphatic carbocycles. The summed E-state index contributed by atoms with van der Waals surface area (Å²) in [5.74, 6) is -0.566. The summed E-state index contributed by atoms with van der Waals surface area (Å²) in [6.45, 7) is 5.91. The van der Waals surface area contributed by atoms with E-state index in [0.29, 0.717) is 38.6 Å². The second kappa shape index (κ2) is 8.96. The number of hydrogen-bond acceptors (Lipinski definition) is 5. The lowest BCUT2D eigenvalue weighted by molar-refractivity contribution is -0.112. The number of carbonyl (C=O) groups is 1. The predicted molar refractivity (Wildman–Crippen MR) is 132 cm³/mol. The first-order valence-electron chi connectivity index (χ1n) is 10.4. The van der Waals surface area contributed by atoms with Gasteiger partial charge >= 0.3 is 0 Å². The van der Waals surface area contributed by atoms with Crippen molar-refractivity contribution >= 4 is 40.3 Å². The molecule has 0 saturated heterocycles. The van der Waals surface area contributed by atoms with E-state index in [1.807, 2.05) is 26.8 Å². The van der Waals surface area contributed by atoms with Gasteiger partial charge in [0.05, 0.1) is 11.9 Å². The number of amides is 1. The van der Waals surface area contributed by atoms with Gasteiger partial charge in [0.25, 0.3) is 11.5 Å². The number of halogens is 1. The lowest BCUT2D eigenvalue weighted by Crippen LogP contribution is -2.23. The Morgan fingerprint density at radius 3 is 2.68 bits per heavy atom. The fourth-order valence-electron chi connectivity index (χ4n) is 3.49. The Balaban J connectivity index is 1.71. The molecule has 9 heteroatoms. The van der Waals surface area contributed by atoms with Gasteiger partial charge in [-0.1, -0.05) is 35.9 Å². The van der Waals surface area contributed by atoms with Crippen LogP contribution in [0.5, 0.6) is 0 Å². The molecule has 4 rings (SSSR count). The summed E-state index contributed by atoms with van der Waals surface area (Å²) in [5, 5.41) is 17.8. The smallest absolute Gasteiger partial charge is 0.266 e. The van der Waals surface area contributed by atoms with Crippen molar-refractivity contribution in [3.8, 4) is 17.3 Å². The van der Waals surface area contributed by atoms with Crippen molar-refractivity contribution in [1.29, 1.82) is 5.26 Å². The fourth-order valence-corrected chi connectivity index (χ4v) is 3.68. The molecule has 2 aromatic heterocycles. The van der Waals surface area contributed by atoms with Gasteiger partial charge in [0, 0.05) is 16.3 Å². The molecule has 0 radical (unpaired) electrons. The minimum Gasteiger partial charge on any atom is -0.321 e. The van der Waals surface area contributed by atoms with Gasteiger partial charge in [-0.2, -0.15) is 10.4 Å². The van der Waals surface area contributed by atoms with Crippen LogP contribution in [0.1, 0.15) is 26.3 Å². The first-order valence-corrected chi connectivity index (χ1v) is 10.8. The highest BCUT2D eigenvalue weighted by Crippen LogP contribution is 2.29. The van der Waals surface area contributed by atoms with Gasteiger partial charge in [-0.25, -0.2) is 9.67 Å². The van der Waals surface area contributed by atoms with Crippen LogP contribution in [0.4, 0.5) is 5.69 Å². The van der Waals surface area contributed by atoms with Crippen molar-refractivity contribution in [2.45, 2.75) is 26.3 Å². The maximum absolute atomic E-state index is 12.8. The summed E-state index contributed by atoms with van der Waals surface area (Å²) in [6, 6.07) is 15.7. The average molecular weight is 473 g/mol. The van der Waals surface area contributed by atoms with E-state index in [0.717, 1.165) is 0 Å². The number of nitriles is 1. The molecule has 0 atom stereocenters. The van der Waals surface area contributed by atoms with Gasteiger partial charge in [-0.15, -0.1) is 0 Å². The Morgan fingerprint density at radius 1 is 1.21 bits per heavy atom. The first-order chi connectivity index (χ1) is 16.2. The minimum absolute atomic E-state index is 0.0734. The monoisotopic (exact) mass is 472 g/mol. The highest BCUT2D eigenvalue weighted by Gasteiger charge is 2.24. The van der Waals surface area contributed by atoms with Crippen LogP contribution < -0.4 is 10.9 Å². The maximum atomic E-state index is 12.8. The zero-order valence-corrected chi connectivity index (χ0v) is 19.5. The standard InChI is InChI=1S/C25H21ClN6O2/c1-25(2,3)32-22-20(24(34)29-14-28-22)21(31-32)16-7-5-9-19(12-16)30-23(33)17(13-27)10-15-6-4-8-18(26)11-15/h4-12,14H,1-3H3,(H,30,33)(H,28,29,34)/b17-10+. The SMILES string of the molecule is CC(C)(C)n1nc(-c2cccc(NC(=O)/C(C#N)=C/c3cccc(Cl)c3)c2)c2c(=O)[nH]cnc21. The highest BCUT2D eigenvalue weighted by atomic mass is 35.5. The summed E-state index contributed by atoms with van der Waals surface area (Å²) in [7, 11) is 0. The van der Waals surface area contributed by atoms with Crippen LogP contribution in [0, 0.1) is 11.3 Å². The summed E-state index contributed by atoms with van der Waals surface area (Å²) >= 11 is 5.99. The molecule has 0 aliphatic heterocycles. The summed E-state index contributed by atoms with van der Waals surface area (Å²) in [5.41, 5.74) is 1.85. The molecule has 0 fully saturated rings. The maximum Gasteiger partial charge on any atom is 0.266 e. The molecule has 2 N–H and O–H groups in total. The third-order valence-corrected chi connectivity index (χ3v) is 5.26. The molecule has 2 aromatic carbocycles. The van der Waals surface area contributed by atoms with E-state index >= 15 is 0 Å². The number of hydrogen-bond donors (Lipinski definition) is 2. The molecule has 0 saturated carbocycles. The Kier molecular flexibility index (Phi) is 6.05. The van der Waals surface area contributed by atoms with E-state index in [4.69, 9.17) is 11.6 Å². The van der Waals surface area contributed by atoms with E-state index in [1.54, 1.807) is 53.2 Å². The molecule has 170 valence electrons. The van der Waals surface area contributed by atoms with Crippen molar-refractivity contribution in [3.63, 3.8) is 0 Å². The van der Waals surface area contributed by atoms with E-state index in [2.05, 4.69) is 20.4 Å². The van der Waals surface area contributed by atoms with Crippen molar-refractivity contribution in [2.75, 3.05) is 5.32 Å². The number of nitrogens with zero attached hydrogens (tertiary/aromatic N) is 4. The summed E-state index contributed by atoms with van der Waals surface area (Å²) in [6.07, 6.45) is 2.82. The van der Waals surface area contributed by atoms with Crippen LogP contribution in [0.25, 0.3) is 28.4 Å². The molecule has 0 aliphatic rings. The van der Waals surface area contributed by atoms with Gasteiger partial charge in [-0.05, 0) is 56.7 Å². The number of aromatic amines is 1. The molecule has 4 aromatic rings. The topological polar surface area (TPSA) is 116 Å². The quantitative estimate of drug-likeness (QED) is 0.328. The van der Waals surface area contributed by atoms with Crippen LogP contribution >= 0.6 is 11.6 Å². The average Bonchev–Trinajstić information content (AvgIpc) is 3.19. The Morgan fingerprint density at radius 2 is 1.97 bits per heavy atom. The minimum atomic E-state index is -0.566. The number of fused-ring (bicyclic) bond motifs is 1. The van der Waals surface area contributed by atoms with E-state index in [-0.39, 0.29) is 11.1 Å². The van der Waals surface area contributed by atoms with Gasteiger partial charge in [-0.3, -0.25) is 9.59 Å². The number of benzene rings is 2. The number of aromatic nitrogens is 4. The van der Waals surface area contributed by atoms with E-state index in [9.17, 15) is 14.9 Å². The van der Waals surface area contributed by atoms with Crippen LogP contribution in [0.3, 0.4) is 0 Å². The largest absolute Gasteiger partial charge is 0.321 e.